The lowest BCUT2D eigenvalue weighted by molar-refractivity contribution is -0.111. The van der Waals surface area contributed by atoms with Gasteiger partial charge in [0.15, 0.2) is 0 Å². The van der Waals surface area contributed by atoms with Crippen molar-refractivity contribution in [2.45, 2.75) is 18.9 Å². The molecule has 15 heavy (non-hydrogen) atoms. The van der Waals surface area contributed by atoms with Crippen LogP contribution in [0.15, 0.2) is 30.9 Å². The molecule has 0 aliphatic heterocycles. The lowest BCUT2D eigenvalue weighted by atomic mass is 10.1. The van der Waals surface area contributed by atoms with Crippen LogP contribution in [0.5, 0.6) is 0 Å². The molecule has 0 aromatic heterocycles. The molecule has 0 spiro atoms. The maximum Gasteiger partial charge on any atom is 0.247 e. The average Bonchev–Trinajstić information content (AvgIpc) is 2.60. The second-order valence-corrected chi connectivity index (χ2v) is 3.66. The molecule has 1 unspecified atom stereocenters. The van der Waals surface area contributed by atoms with Crippen LogP contribution in [0.1, 0.15) is 23.7 Å². The van der Waals surface area contributed by atoms with Crippen molar-refractivity contribution in [1.29, 1.82) is 0 Å². The van der Waals surface area contributed by atoms with Crippen molar-refractivity contribution in [2.75, 3.05) is 5.32 Å². The molecule has 3 nitrogen and oxygen atoms in total. The standard InChI is InChI=1S/C12H13NO2/c1-2-12(15)13-9-5-3-8-4-6-11(14)10(8)7-9/h2-3,5,7,11,14H,1,4,6H2,(H,13,15). The molecule has 78 valence electrons. The number of aryl methyl sites for hydroxylation is 1. The van der Waals surface area contributed by atoms with Gasteiger partial charge in [0.1, 0.15) is 0 Å². The Morgan fingerprint density at radius 2 is 2.40 bits per heavy atom. The lowest BCUT2D eigenvalue weighted by Crippen LogP contribution is -2.07. The molecule has 1 aromatic rings. The van der Waals surface area contributed by atoms with Gasteiger partial charge in [0, 0.05) is 5.69 Å². The third-order valence-electron chi connectivity index (χ3n) is 2.64. The number of hydrogen-bond acceptors (Lipinski definition) is 2. The highest BCUT2D eigenvalue weighted by atomic mass is 16.3. The number of rotatable bonds is 2. The van der Waals surface area contributed by atoms with E-state index in [1.54, 1.807) is 0 Å². The third-order valence-corrected chi connectivity index (χ3v) is 2.64. The number of benzene rings is 1. The fourth-order valence-electron chi connectivity index (χ4n) is 1.85. The summed E-state index contributed by atoms with van der Waals surface area (Å²) in [7, 11) is 0. The zero-order valence-electron chi connectivity index (χ0n) is 8.36. The van der Waals surface area contributed by atoms with Gasteiger partial charge in [-0.3, -0.25) is 4.79 Å². The molecule has 0 radical (unpaired) electrons. The van der Waals surface area contributed by atoms with Crippen LogP contribution in [-0.4, -0.2) is 11.0 Å². The highest BCUT2D eigenvalue weighted by Crippen LogP contribution is 2.32. The molecule has 1 aliphatic carbocycles. The summed E-state index contributed by atoms with van der Waals surface area (Å²) in [5, 5.41) is 12.3. The van der Waals surface area contributed by atoms with E-state index in [4.69, 9.17) is 0 Å². The summed E-state index contributed by atoms with van der Waals surface area (Å²) >= 11 is 0. The minimum atomic E-state index is -0.388. The molecular weight excluding hydrogens is 190 g/mol. The van der Waals surface area contributed by atoms with Crippen molar-refractivity contribution in [3.8, 4) is 0 Å². The van der Waals surface area contributed by atoms with Gasteiger partial charge in [0.05, 0.1) is 6.10 Å². The fraction of sp³-hybridized carbons (Fsp3) is 0.250. The van der Waals surface area contributed by atoms with Gasteiger partial charge in [-0.25, -0.2) is 0 Å². The van der Waals surface area contributed by atoms with Crippen molar-refractivity contribution >= 4 is 11.6 Å². The maximum atomic E-state index is 11.1. The van der Waals surface area contributed by atoms with E-state index in [-0.39, 0.29) is 12.0 Å². The van der Waals surface area contributed by atoms with Crippen molar-refractivity contribution in [1.82, 2.24) is 0 Å². The van der Waals surface area contributed by atoms with Gasteiger partial charge in [-0.15, -0.1) is 0 Å². The second kappa shape index (κ2) is 3.87. The number of nitrogens with one attached hydrogen (secondary N) is 1. The summed E-state index contributed by atoms with van der Waals surface area (Å²) in [6, 6.07) is 5.62. The van der Waals surface area contributed by atoms with Gasteiger partial charge < -0.3 is 10.4 Å². The number of carbonyl (C=O) groups excluding carboxylic acids is 1. The van der Waals surface area contributed by atoms with E-state index in [0.29, 0.717) is 5.69 Å². The molecule has 1 aromatic carbocycles. The van der Waals surface area contributed by atoms with Crippen LogP contribution < -0.4 is 5.32 Å². The predicted octanol–water partition coefficient (Wildman–Crippen LogP) is 1.79. The van der Waals surface area contributed by atoms with E-state index >= 15 is 0 Å². The first-order valence-corrected chi connectivity index (χ1v) is 4.95. The normalized spacial score (nSPS) is 18.3. The predicted molar refractivity (Wildman–Crippen MR) is 58.5 cm³/mol. The van der Waals surface area contributed by atoms with Crippen LogP contribution in [0.4, 0.5) is 5.69 Å². The van der Waals surface area contributed by atoms with Gasteiger partial charge in [0.25, 0.3) is 0 Å². The molecule has 1 amide bonds. The van der Waals surface area contributed by atoms with E-state index in [1.165, 1.54) is 11.6 Å². The van der Waals surface area contributed by atoms with Crippen molar-refractivity contribution in [2.24, 2.45) is 0 Å². The van der Waals surface area contributed by atoms with E-state index in [1.807, 2.05) is 18.2 Å². The summed E-state index contributed by atoms with van der Waals surface area (Å²) < 4.78 is 0. The number of aliphatic hydroxyl groups is 1. The van der Waals surface area contributed by atoms with Crippen molar-refractivity contribution < 1.29 is 9.90 Å². The summed E-state index contributed by atoms with van der Waals surface area (Å²) in [6.07, 6.45) is 2.52. The Bertz CT molecular complexity index is 412. The summed E-state index contributed by atoms with van der Waals surface area (Å²) in [4.78, 5) is 11.1. The molecule has 0 fully saturated rings. The molecule has 0 bridgehead atoms. The van der Waals surface area contributed by atoms with Crippen LogP contribution in [-0.2, 0) is 11.2 Å². The molecule has 0 heterocycles. The number of hydrogen-bond donors (Lipinski definition) is 2. The number of fused-ring (bicyclic) bond motifs is 1. The van der Waals surface area contributed by atoms with E-state index in [9.17, 15) is 9.90 Å². The Labute approximate surface area is 88.4 Å². The average molecular weight is 203 g/mol. The topological polar surface area (TPSA) is 49.3 Å². The molecule has 2 N–H and O–H groups in total. The lowest BCUT2D eigenvalue weighted by Gasteiger charge is -2.07. The van der Waals surface area contributed by atoms with Crippen molar-refractivity contribution in [3.63, 3.8) is 0 Å². The molecule has 1 atom stereocenters. The van der Waals surface area contributed by atoms with Gasteiger partial charge in [-0.1, -0.05) is 12.6 Å². The van der Waals surface area contributed by atoms with Gasteiger partial charge in [-0.05, 0) is 42.2 Å². The highest BCUT2D eigenvalue weighted by molar-refractivity contribution is 5.98. The van der Waals surface area contributed by atoms with Gasteiger partial charge >= 0.3 is 0 Å². The number of anilines is 1. The van der Waals surface area contributed by atoms with Gasteiger partial charge in [0.2, 0.25) is 5.91 Å². The highest BCUT2D eigenvalue weighted by Gasteiger charge is 2.20. The van der Waals surface area contributed by atoms with E-state index in [2.05, 4.69) is 11.9 Å². The van der Waals surface area contributed by atoms with Crippen LogP contribution >= 0.6 is 0 Å². The van der Waals surface area contributed by atoms with Crippen LogP contribution in [0.2, 0.25) is 0 Å². The summed E-state index contributed by atoms with van der Waals surface area (Å²) in [5.41, 5.74) is 2.80. The first kappa shape index (κ1) is 9.93. The second-order valence-electron chi connectivity index (χ2n) is 3.66. The maximum absolute atomic E-state index is 11.1. The summed E-state index contributed by atoms with van der Waals surface area (Å²) in [5.74, 6) is -0.234. The quantitative estimate of drug-likeness (QED) is 0.720. The molecule has 1 aliphatic rings. The Morgan fingerprint density at radius 1 is 1.60 bits per heavy atom. The monoisotopic (exact) mass is 203 g/mol. The Kier molecular flexibility index (Phi) is 2.56. The Balaban J connectivity index is 2.25. The first-order valence-electron chi connectivity index (χ1n) is 4.95. The third kappa shape index (κ3) is 1.92. The fourth-order valence-corrected chi connectivity index (χ4v) is 1.85. The SMILES string of the molecule is C=CC(=O)Nc1ccc2c(c1)C(O)CC2. The van der Waals surface area contributed by atoms with Gasteiger partial charge in [-0.2, -0.15) is 0 Å². The zero-order valence-corrected chi connectivity index (χ0v) is 8.36. The Morgan fingerprint density at radius 3 is 3.13 bits per heavy atom. The smallest absolute Gasteiger partial charge is 0.247 e. The van der Waals surface area contributed by atoms with Crippen LogP contribution in [0.3, 0.4) is 0 Å². The zero-order chi connectivity index (χ0) is 10.8. The van der Waals surface area contributed by atoms with Crippen molar-refractivity contribution in [3.05, 3.63) is 42.0 Å². The molecule has 0 saturated heterocycles. The van der Waals surface area contributed by atoms with E-state index < -0.39 is 0 Å². The number of amides is 1. The largest absolute Gasteiger partial charge is 0.388 e. The summed E-state index contributed by atoms with van der Waals surface area (Å²) in [6.45, 7) is 3.38. The first-order chi connectivity index (χ1) is 7.20. The molecular formula is C12H13NO2. The number of aliphatic hydroxyl groups excluding tert-OH is 1. The van der Waals surface area contributed by atoms with E-state index in [0.717, 1.165) is 18.4 Å². The molecule has 0 saturated carbocycles. The Hall–Kier alpha value is -1.61. The molecule has 2 rings (SSSR count). The number of carbonyl (C=O) groups is 1. The minimum absolute atomic E-state index is 0.234. The molecule has 3 heteroatoms. The van der Waals surface area contributed by atoms with Crippen LogP contribution in [0.25, 0.3) is 0 Å². The van der Waals surface area contributed by atoms with Crippen LogP contribution in [0, 0.1) is 0 Å². The minimum Gasteiger partial charge on any atom is -0.388 e.